The molecular formula is C10H19NO. The molecule has 2 atom stereocenters. The first kappa shape index (κ1) is 8.52. The summed E-state index contributed by atoms with van der Waals surface area (Å²) in [6, 6.07) is 0. The van der Waals surface area contributed by atoms with Gasteiger partial charge in [0.1, 0.15) is 0 Å². The lowest BCUT2D eigenvalue weighted by molar-refractivity contribution is 0.111. The van der Waals surface area contributed by atoms with Gasteiger partial charge < -0.3 is 10.8 Å². The van der Waals surface area contributed by atoms with Gasteiger partial charge in [0.2, 0.25) is 0 Å². The fourth-order valence-electron chi connectivity index (χ4n) is 2.70. The summed E-state index contributed by atoms with van der Waals surface area (Å²) >= 11 is 0. The van der Waals surface area contributed by atoms with Crippen molar-refractivity contribution in [3.05, 3.63) is 0 Å². The lowest BCUT2D eigenvalue weighted by atomic mass is 9.74. The molecule has 3 N–H and O–H groups in total. The van der Waals surface area contributed by atoms with Crippen LogP contribution in [0.4, 0.5) is 0 Å². The first-order valence-corrected chi connectivity index (χ1v) is 5.16. The van der Waals surface area contributed by atoms with E-state index in [-0.39, 0.29) is 5.54 Å². The molecule has 0 saturated heterocycles. The van der Waals surface area contributed by atoms with Crippen LogP contribution in [-0.4, -0.2) is 17.3 Å². The van der Waals surface area contributed by atoms with Gasteiger partial charge in [-0.3, -0.25) is 0 Å². The molecular weight excluding hydrogens is 150 g/mol. The Balaban J connectivity index is 2.00. The van der Waals surface area contributed by atoms with Gasteiger partial charge in [-0.1, -0.05) is 12.8 Å². The van der Waals surface area contributed by atoms with Crippen LogP contribution < -0.4 is 5.73 Å². The molecule has 0 spiro atoms. The molecule has 0 aromatic carbocycles. The maximum atomic E-state index is 9.20. The number of aliphatic hydroxyl groups excluding tert-OH is 1. The number of nitrogens with two attached hydrogens (primary N) is 1. The van der Waals surface area contributed by atoms with Gasteiger partial charge in [-0.15, -0.1) is 0 Å². The minimum absolute atomic E-state index is 0.133. The van der Waals surface area contributed by atoms with Gasteiger partial charge in [-0.05, 0) is 37.5 Å². The van der Waals surface area contributed by atoms with Gasteiger partial charge in [0.15, 0.2) is 0 Å². The summed E-state index contributed by atoms with van der Waals surface area (Å²) < 4.78 is 0. The first-order chi connectivity index (χ1) is 5.76. The van der Waals surface area contributed by atoms with Gasteiger partial charge in [-0.25, -0.2) is 0 Å². The van der Waals surface area contributed by atoms with E-state index in [9.17, 15) is 5.11 Å². The molecule has 12 heavy (non-hydrogen) atoms. The summed E-state index contributed by atoms with van der Waals surface area (Å²) in [6.45, 7) is 0.351. The molecule has 1 unspecified atom stereocenters. The average molecular weight is 169 g/mol. The van der Waals surface area contributed by atoms with Crippen molar-refractivity contribution in [1.82, 2.24) is 0 Å². The molecule has 0 aliphatic heterocycles. The quantitative estimate of drug-likeness (QED) is 0.654. The van der Waals surface area contributed by atoms with E-state index in [1.54, 1.807) is 0 Å². The first-order valence-electron chi connectivity index (χ1n) is 5.16. The van der Waals surface area contributed by atoms with Gasteiger partial charge in [-0.2, -0.15) is 0 Å². The third-order valence-electron chi connectivity index (χ3n) is 3.71. The van der Waals surface area contributed by atoms with Crippen molar-refractivity contribution in [3.8, 4) is 0 Å². The van der Waals surface area contributed by atoms with E-state index >= 15 is 0 Å². The largest absolute Gasteiger partial charge is 0.396 e. The molecule has 2 fully saturated rings. The Morgan fingerprint density at radius 3 is 2.50 bits per heavy atom. The molecule has 0 amide bonds. The Hall–Kier alpha value is -0.0800. The molecule has 0 bridgehead atoms. The monoisotopic (exact) mass is 169 g/mol. The van der Waals surface area contributed by atoms with Crippen LogP contribution in [0, 0.1) is 11.8 Å². The van der Waals surface area contributed by atoms with Crippen LogP contribution in [0.15, 0.2) is 0 Å². The average Bonchev–Trinajstić information content (AvgIpc) is 2.85. The Morgan fingerprint density at radius 1 is 1.25 bits per heavy atom. The second-order valence-corrected chi connectivity index (χ2v) is 4.57. The maximum absolute atomic E-state index is 9.20. The second-order valence-electron chi connectivity index (χ2n) is 4.57. The van der Waals surface area contributed by atoms with Gasteiger partial charge >= 0.3 is 0 Å². The Labute approximate surface area is 74.1 Å². The highest BCUT2D eigenvalue weighted by Crippen LogP contribution is 2.48. The molecule has 0 aromatic rings. The van der Waals surface area contributed by atoms with Crippen molar-refractivity contribution in [3.63, 3.8) is 0 Å². The van der Waals surface area contributed by atoms with E-state index in [0.717, 1.165) is 0 Å². The molecule has 2 heteroatoms. The van der Waals surface area contributed by atoms with Gasteiger partial charge in [0.05, 0.1) is 0 Å². The highest BCUT2D eigenvalue weighted by molar-refractivity contribution is 5.06. The third kappa shape index (κ3) is 1.38. The normalized spacial score (nSPS) is 39.5. The second kappa shape index (κ2) is 3.00. The standard InChI is InChI=1S/C10H19NO/c11-10(5-6-10)9-4-2-1-3-8(9)7-12/h8-9,12H,1-7,11H2/t8-,9?/m1/s1. The highest BCUT2D eigenvalue weighted by atomic mass is 16.3. The summed E-state index contributed by atoms with van der Waals surface area (Å²) in [6.07, 6.45) is 7.43. The summed E-state index contributed by atoms with van der Waals surface area (Å²) in [5.41, 5.74) is 6.31. The summed E-state index contributed by atoms with van der Waals surface area (Å²) in [4.78, 5) is 0. The zero-order valence-electron chi connectivity index (χ0n) is 7.63. The van der Waals surface area contributed by atoms with E-state index in [0.29, 0.717) is 18.4 Å². The summed E-state index contributed by atoms with van der Waals surface area (Å²) in [7, 11) is 0. The topological polar surface area (TPSA) is 46.2 Å². The summed E-state index contributed by atoms with van der Waals surface area (Å²) in [5, 5.41) is 9.20. The number of hydrogen-bond donors (Lipinski definition) is 2. The molecule has 2 aliphatic rings. The van der Waals surface area contributed by atoms with Crippen molar-refractivity contribution >= 4 is 0 Å². The Bertz CT molecular complexity index is 165. The fourth-order valence-corrected chi connectivity index (χ4v) is 2.70. The van der Waals surface area contributed by atoms with E-state index in [4.69, 9.17) is 5.73 Å². The minimum Gasteiger partial charge on any atom is -0.396 e. The molecule has 2 nitrogen and oxygen atoms in total. The number of rotatable bonds is 2. The Morgan fingerprint density at radius 2 is 1.92 bits per heavy atom. The van der Waals surface area contributed by atoms with Crippen LogP contribution in [0.2, 0.25) is 0 Å². The van der Waals surface area contributed by atoms with Crippen LogP contribution in [-0.2, 0) is 0 Å². The third-order valence-corrected chi connectivity index (χ3v) is 3.71. The molecule has 0 radical (unpaired) electrons. The van der Waals surface area contributed by atoms with Crippen molar-refractivity contribution in [2.45, 2.75) is 44.1 Å². The minimum atomic E-state index is 0.133. The van der Waals surface area contributed by atoms with Crippen LogP contribution in [0.3, 0.4) is 0 Å². The van der Waals surface area contributed by atoms with Crippen LogP contribution in [0.5, 0.6) is 0 Å². The SMILES string of the molecule is NC1(C2CCCC[C@@H]2CO)CC1. The molecule has 0 aromatic heterocycles. The molecule has 2 aliphatic carbocycles. The fraction of sp³-hybridized carbons (Fsp3) is 1.00. The molecule has 0 heterocycles. The lowest BCUT2D eigenvalue weighted by Crippen LogP contribution is -2.40. The van der Waals surface area contributed by atoms with E-state index in [1.807, 2.05) is 0 Å². The summed E-state index contributed by atoms with van der Waals surface area (Å²) in [5.74, 6) is 1.13. The van der Waals surface area contributed by atoms with Crippen molar-refractivity contribution in [2.75, 3.05) is 6.61 Å². The predicted molar refractivity (Wildman–Crippen MR) is 48.7 cm³/mol. The highest BCUT2D eigenvalue weighted by Gasteiger charge is 2.48. The predicted octanol–water partition coefficient (Wildman–Crippen LogP) is 1.28. The maximum Gasteiger partial charge on any atom is 0.0462 e. The van der Waals surface area contributed by atoms with E-state index < -0.39 is 0 Å². The van der Waals surface area contributed by atoms with Crippen molar-refractivity contribution in [1.29, 1.82) is 0 Å². The van der Waals surface area contributed by atoms with Crippen LogP contribution >= 0.6 is 0 Å². The van der Waals surface area contributed by atoms with Gasteiger partial charge in [0.25, 0.3) is 0 Å². The lowest BCUT2D eigenvalue weighted by Gasteiger charge is -2.34. The van der Waals surface area contributed by atoms with Crippen molar-refractivity contribution < 1.29 is 5.11 Å². The number of hydrogen-bond acceptors (Lipinski definition) is 2. The number of aliphatic hydroxyl groups is 1. The smallest absolute Gasteiger partial charge is 0.0462 e. The zero-order valence-corrected chi connectivity index (χ0v) is 7.63. The van der Waals surface area contributed by atoms with Crippen LogP contribution in [0.25, 0.3) is 0 Å². The molecule has 2 rings (SSSR count). The molecule has 70 valence electrons. The van der Waals surface area contributed by atoms with E-state index in [2.05, 4.69) is 0 Å². The van der Waals surface area contributed by atoms with Crippen molar-refractivity contribution in [2.24, 2.45) is 17.6 Å². The van der Waals surface area contributed by atoms with E-state index in [1.165, 1.54) is 38.5 Å². The zero-order chi connectivity index (χ0) is 8.60. The molecule has 2 saturated carbocycles. The van der Waals surface area contributed by atoms with Gasteiger partial charge in [0, 0.05) is 12.1 Å². The van der Waals surface area contributed by atoms with Crippen LogP contribution in [0.1, 0.15) is 38.5 Å². The Kier molecular flexibility index (Phi) is 2.13.